The van der Waals surface area contributed by atoms with Crippen molar-refractivity contribution in [3.05, 3.63) is 101 Å². The van der Waals surface area contributed by atoms with Gasteiger partial charge >= 0.3 is 5.97 Å². The Hall–Kier alpha value is -3.57. The van der Waals surface area contributed by atoms with E-state index in [9.17, 15) is 9.90 Å². The van der Waals surface area contributed by atoms with Gasteiger partial charge < -0.3 is 5.11 Å². The number of benzene rings is 3. The van der Waals surface area contributed by atoms with Crippen molar-refractivity contribution in [2.24, 2.45) is 0 Å². The number of aromatic carboxylic acids is 1. The second-order valence-corrected chi connectivity index (χ2v) is 8.01. The average molecular weight is 378 g/mol. The molecule has 142 valence electrons. The highest BCUT2D eigenvalue weighted by molar-refractivity contribution is 5.94. The Labute approximate surface area is 171 Å². The molecule has 0 aromatic heterocycles. The van der Waals surface area contributed by atoms with Crippen molar-refractivity contribution in [3.8, 4) is 23.5 Å². The van der Waals surface area contributed by atoms with Crippen molar-refractivity contribution in [2.75, 3.05) is 0 Å². The molecule has 2 heteroatoms. The molecule has 4 rings (SSSR count). The summed E-state index contributed by atoms with van der Waals surface area (Å²) in [5, 5.41) is 9.50. The Morgan fingerprint density at radius 1 is 0.966 bits per heavy atom. The third kappa shape index (κ3) is 3.26. The molecule has 0 fully saturated rings. The van der Waals surface area contributed by atoms with Crippen LogP contribution in [0.1, 0.15) is 52.9 Å². The third-order valence-corrected chi connectivity index (χ3v) is 5.69. The van der Waals surface area contributed by atoms with Crippen LogP contribution in [0.3, 0.4) is 0 Å². The lowest BCUT2D eigenvalue weighted by Crippen LogP contribution is -2.22. The van der Waals surface area contributed by atoms with Crippen molar-refractivity contribution < 1.29 is 9.90 Å². The van der Waals surface area contributed by atoms with Crippen LogP contribution in [0.2, 0.25) is 0 Å². The normalized spacial score (nSPS) is 14.4. The fraction of sp³-hybridized carbons (Fsp3) is 0.148. The highest BCUT2D eigenvalue weighted by Crippen LogP contribution is 2.43. The smallest absolute Gasteiger partial charge is 0.336 e. The summed E-state index contributed by atoms with van der Waals surface area (Å²) >= 11 is 0. The van der Waals surface area contributed by atoms with Crippen molar-refractivity contribution in [1.82, 2.24) is 0 Å². The molecular formula is C27H22O2. The number of hydrogen-bond donors (Lipinski definition) is 1. The monoisotopic (exact) mass is 378 g/mol. The summed E-state index contributed by atoms with van der Waals surface area (Å²) in [6, 6.07) is 22.0. The number of rotatable bonds is 3. The largest absolute Gasteiger partial charge is 0.478 e. The molecule has 0 saturated carbocycles. The van der Waals surface area contributed by atoms with Crippen molar-refractivity contribution in [2.45, 2.75) is 25.7 Å². The van der Waals surface area contributed by atoms with Gasteiger partial charge in [0.1, 0.15) is 0 Å². The first kappa shape index (κ1) is 18.8. The molecule has 2 nitrogen and oxygen atoms in total. The number of carboxylic acid groups (broad SMARTS) is 1. The minimum Gasteiger partial charge on any atom is -0.478 e. The van der Waals surface area contributed by atoms with E-state index in [0.717, 1.165) is 17.5 Å². The van der Waals surface area contributed by atoms with Crippen LogP contribution in [-0.4, -0.2) is 11.1 Å². The lowest BCUT2D eigenvalue weighted by Gasteiger charge is -2.33. The number of terminal acetylenes is 1. The van der Waals surface area contributed by atoms with E-state index in [-0.39, 0.29) is 11.0 Å². The van der Waals surface area contributed by atoms with E-state index >= 15 is 0 Å². The van der Waals surface area contributed by atoms with E-state index in [2.05, 4.69) is 62.2 Å². The molecular weight excluding hydrogens is 356 g/mol. The van der Waals surface area contributed by atoms with E-state index < -0.39 is 5.97 Å². The summed E-state index contributed by atoms with van der Waals surface area (Å²) in [5.41, 5.74) is 7.19. The fourth-order valence-corrected chi connectivity index (χ4v) is 4.10. The highest BCUT2D eigenvalue weighted by atomic mass is 16.4. The molecule has 0 heterocycles. The zero-order valence-electron chi connectivity index (χ0n) is 16.6. The molecule has 0 radical (unpaired) electrons. The van der Waals surface area contributed by atoms with Crippen LogP contribution in [0.5, 0.6) is 0 Å². The lowest BCUT2D eigenvalue weighted by atomic mass is 9.71. The molecule has 0 atom stereocenters. The number of carboxylic acids is 1. The minimum absolute atomic E-state index is 0.0235. The molecule has 1 aliphatic carbocycles. The molecule has 0 saturated heterocycles. The van der Waals surface area contributed by atoms with Gasteiger partial charge in [0.2, 0.25) is 0 Å². The minimum atomic E-state index is -1.01. The van der Waals surface area contributed by atoms with Gasteiger partial charge in [0.15, 0.2) is 0 Å². The van der Waals surface area contributed by atoms with E-state index in [0.29, 0.717) is 5.56 Å². The van der Waals surface area contributed by atoms with Crippen LogP contribution in [0.15, 0.2) is 72.8 Å². The van der Waals surface area contributed by atoms with E-state index in [1.165, 1.54) is 22.3 Å². The van der Waals surface area contributed by atoms with Gasteiger partial charge in [-0.15, -0.1) is 6.42 Å². The van der Waals surface area contributed by atoms with Crippen LogP contribution < -0.4 is 0 Å². The number of carbonyl (C=O) groups is 1. The first-order chi connectivity index (χ1) is 13.9. The van der Waals surface area contributed by atoms with Gasteiger partial charge in [0.25, 0.3) is 0 Å². The van der Waals surface area contributed by atoms with E-state index in [1.54, 1.807) is 12.1 Å². The van der Waals surface area contributed by atoms with Gasteiger partial charge in [-0.1, -0.05) is 80.4 Å². The summed E-state index contributed by atoms with van der Waals surface area (Å²) < 4.78 is 0. The lowest BCUT2D eigenvalue weighted by molar-refractivity contribution is 0.0696. The second-order valence-electron chi connectivity index (χ2n) is 8.01. The Balaban J connectivity index is 1.90. The second kappa shape index (κ2) is 7.11. The maximum Gasteiger partial charge on any atom is 0.336 e. The fourth-order valence-electron chi connectivity index (χ4n) is 4.10. The predicted octanol–water partition coefficient (Wildman–Crippen LogP) is 6.15. The van der Waals surface area contributed by atoms with Gasteiger partial charge in [-0.25, -0.2) is 4.79 Å². The molecule has 0 aliphatic heterocycles. The van der Waals surface area contributed by atoms with Gasteiger partial charge in [-0.05, 0) is 57.4 Å². The number of fused-ring (bicyclic) bond motifs is 1. The van der Waals surface area contributed by atoms with Gasteiger partial charge in [-0.2, -0.15) is 0 Å². The Morgan fingerprint density at radius 3 is 2.41 bits per heavy atom. The maximum atomic E-state index is 11.6. The highest BCUT2D eigenvalue weighted by Gasteiger charge is 2.29. The quantitative estimate of drug-likeness (QED) is 0.555. The average Bonchev–Trinajstić information content (AvgIpc) is 2.73. The van der Waals surface area contributed by atoms with Crippen molar-refractivity contribution >= 4 is 11.5 Å². The summed E-state index contributed by atoms with van der Waals surface area (Å²) in [6.45, 7) is 4.48. The third-order valence-electron chi connectivity index (χ3n) is 5.69. The predicted molar refractivity (Wildman–Crippen MR) is 118 cm³/mol. The molecule has 3 aromatic rings. The van der Waals surface area contributed by atoms with Crippen LogP contribution in [0, 0.1) is 12.3 Å². The van der Waals surface area contributed by atoms with Crippen molar-refractivity contribution in [3.63, 3.8) is 0 Å². The molecule has 1 N–H and O–H groups in total. The summed E-state index contributed by atoms with van der Waals surface area (Å²) in [7, 11) is 0. The zero-order valence-corrected chi connectivity index (χ0v) is 16.6. The van der Waals surface area contributed by atoms with Gasteiger partial charge in [0.05, 0.1) is 5.56 Å². The zero-order chi connectivity index (χ0) is 20.6. The molecule has 1 aliphatic rings. The molecule has 0 bridgehead atoms. The Kier molecular flexibility index (Phi) is 4.60. The Bertz CT molecular complexity index is 1170. The summed E-state index contributed by atoms with van der Waals surface area (Å²) in [4.78, 5) is 11.6. The van der Waals surface area contributed by atoms with Crippen LogP contribution >= 0.6 is 0 Å². The summed E-state index contributed by atoms with van der Waals surface area (Å²) in [5.74, 6) is 1.58. The molecule has 0 spiro atoms. The van der Waals surface area contributed by atoms with Crippen molar-refractivity contribution in [1.29, 1.82) is 0 Å². The first-order valence-electron chi connectivity index (χ1n) is 9.66. The standard InChI is InChI=1S/C27H22O2/c1-4-20-21(11-8-12-24(20)26(28)29)19-13-14-23-22(18-9-6-5-7-10-18)15-16-27(2,3)25(23)17-19/h1,5-15,17H,16H2,2-3H3,(H,28,29). The maximum absolute atomic E-state index is 11.6. The summed E-state index contributed by atoms with van der Waals surface area (Å²) in [6.07, 6.45) is 8.94. The van der Waals surface area contributed by atoms with E-state index in [1.807, 2.05) is 18.2 Å². The number of hydrogen-bond acceptors (Lipinski definition) is 1. The molecule has 0 unspecified atom stereocenters. The van der Waals surface area contributed by atoms with Crippen LogP contribution in [-0.2, 0) is 5.41 Å². The van der Waals surface area contributed by atoms with Gasteiger partial charge in [0, 0.05) is 5.56 Å². The van der Waals surface area contributed by atoms with Gasteiger partial charge in [-0.3, -0.25) is 0 Å². The number of allylic oxidation sites excluding steroid dienone is 1. The van der Waals surface area contributed by atoms with Crippen LogP contribution in [0.4, 0.5) is 0 Å². The molecule has 3 aromatic carbocycles. The molecule has 29 heavy (non-hydrogen) atoms. The first-order valence-corrected chi connectivity index (χ1v) is 9.66. The van der Waals surface area contributed by atoms with Crippen LogP contribution in [0.25, 0.3) is 16.7 Å². The Morgan fingerprint density at radius 2 is 1.72 bits per heavy atom. The SMILES string of the molecule is C#Cc1c(C(=O)O)cccc1-c1ccc2c(c1)C(C)(C)CC=C2c1ccccc1. The molecule has 0 amide bonds. The topological polar surface area (TPSA) is 37.3 Å². The van der Waals surface area contributed by atoms with E-state index in [4.69, 9.17) is 6.42 Å².